The summed E-state index contributed by atoms with van der Waals surface area (Å²) < 4.78 is 38.3. The molecule has 0 aliphatic heterocycles. The molecule has 1 heterocycles. The number of alkyl halides is 3. The molecule has 1 aromatic heterocycles. The van der Waals surface area contributed by atoms with Crippen LogP contribution in [0.15, 0.2) is 53.7 Å². The number of nitrogens with one attached hydrogen (secondary N) is 2. The molecule has 5 nitrogen and oxygen atoms in total. The van der Waals surface area contributed by atoms with Gasteiger partial charge < -0.3 is 5.32 Å². The number of hydrogen-bond acceptors (Lipinski definition) is 4. The Morgan fingerprint density at radius 1 is 1.07 bits per heavy atom. The van der Waals surface area contributed by atoms with E-state index in [4.69, 9.17) is 0 Å². The quantitative estimate of drug-likeness (QED) is 0.519. The summed E-state index contributed by atoms with van der Waals surface area (Å²) >= 11 is 1.09. The number of benzene rings is 2. The number of anilines is 1. The van der Waals surface area contributed by atoms with Gasteiger partial charge in [-0.1, -0.05) is 62.9 Å². The number of hydrogen-bond donors (Lipinski definition) is 2. The van der Waals surface area contributed by atoms with E-state index in [0.717, 1.165) is 29.5 Å². The Labute approximate surface area is 176 Å². The van der Waals surface area contributed by atoms with E-state index in [-0.39, 0.29) is 16.9 Å². The summed E-state index contributed by atoms with van der Waals surface area (Å²) in [5, 5.41) is 9.76. The molecular weight excluding hydrogens is 413 g/mol. The molecule has 0 unspecified atom stereocenters. The van der Waals surface area contributed by atoms with Crippen LogP contribution in [0.3, 0.4) is 0 Å². The van der Waals surface area contributed by atoms with E-state index >= 15 is 0 Å². The van der Waals surface area contributed by atoms with Crippen LogP contribution in [0, 0.1) is 0 Å². The molecular formula is C21H21F3N4OS. The summed E-state index contributed by atoms with van der Waals surface area (Å²) in [5.41, 5.74) is 1.39. The molecule has 30 heavy (non-hydrogen) atoms. The van der Waals surface area contributed by atoms with Crippen molar-refractivity contribution in [3.8, 4) is 11.4 Å². The van der Waals surface area contributed by atoms with Gasteiger partial charge in [0, 0.05) is 11.3 Å². The average molecular weight is 434 g/mol. The average Bonchev–Trinajstić information content (AvgIpc) is 3.14. The summed E-state index contributed by atoms with van der Waals surface area (Å²) in [5.74, 6) is 0.104. The maximum absolute atomic E-state index is 12.8. The minimum atomic E-state index is -4.46. The maximum Gasteiger partial charge on any atom is 0.416 e. The standard InChI is InChI=1S/C21H21F3N4OS/c1-20(2,3)14-9-7-13(8-10-14)18-26-19(28-27-18)30-12-17(29)25-16-6-4-5-15(11-16)21(22,23)24/h4-11H,12H2,1-3H3,(H,25,29)(H,26,27,28). The predicted octanol–water partition coefficient (Wildman–Crippen LogP) is 5.52. The van der Waals surface area contributed by atoms with Crippen LogP contribution in [-0.4, -0.2) is 26.8 Å². The van der Waals surface area contributed by atoms with E-state index < -0.39 is 17.6 Å². The number of thioether (sulfide) groups is 1. The fraction of sp³-hybridized carbons (Fsp3) is 0.286. The molecule has 3 aromatic rings. The van der Waals surface area contributed by atoms with Crippen molar-refractivity contribution in [1.82, 2.24) is 15.2 Å². The highest BCUT2D eigenvalue weighted by Crippen LogP contribution is 2.31. The monoisotopic (exact) mass is 434 g/mol. The summed E-state index contributed by atoms with van der Waals surface area (Å²) in [4.78, 5) is 16.4. The molecule has 2 aromatic carbocycles. The van der Waals surface area contributed by atoms with Gasteiger partial charge in [0.2, 0.25) is 11.1 Å². The molecule has 0 bridgehead atoms. The van der Waals surface area contributed by atoms with Crippen molar-refractivity contribution >= 4 is 23.4 Å². The van der Waals surface area contributed by atoms with Crippen LogP contribution in [0.2, 0.25) is 0 Å². The van der Waals surface area contributed by atoms with Crippen LogP contribution < -0.4 is 5.32 Å². The summed E-state index contributed by atoms with van der Waals surface area (Å²) in [6.07, 6.45) is -4.46. The Bertz CT molecular complexity index is 1020. The number of nitrogens with zero attached hydrogens (tertiary/aromatic N) is 2. The molecule has 0 saturated carbocycles. The lowest BCUT2D eigenvalue weighted by Crippen LogP contribution is -2.15. The number of aromatic amines is 1. The molecule has 0 saturated heterocycles. The number of H-pyrrole nitrogens is 1. The minimum Gasteiger partial charge on any atom is -0.325 e. The highest BCUT2D eigenvalue weighted by Gasteiger charge is 2.30. The van der Waals surface area contributed by atoms with E-state index in [0.29, 0.717) is 11.0 Å². The first-order chi connectivity index (χ1) is 14.0. The van der Waals surface area contributed by atoms with E-state index in [1.807, 2.05) is 24.3 Å². The second-order valence-corrected chi connectivity index (χ2v) is 8.65. The van der Waals surface area contributed by atoms with Crippen LogP contribution >= 0.6 is 11.8 Å². The van der Waals surface area contributed by atoms with E-state index in [9.17, 15) is 18.0 Å². The third kappa shape index (κ3) is 5.63. The summed E-state index contributed by atoms with van der Waals surface area (Å²) in [6.45, 7) is 6.40. The van der Waals surface area contributed by atoms with Crippen molar-refractivity contribution in [2.75, 3.05) is 11.1 Å². The first-order valence-electron chi connectivity index (χ1n) is 9.15. The molecule has 0 atom stereocenters. The van der Waals surface area contributed by atoms with Gasteiger partial charge in [0.05, 0.1) is 11.3 Å². The Hall–Kier alpha value is -2.81. The first-order valence-corrected chi connectivity index (χ1v) is 10.1. The van der Waals surface area contributed by atoms with Crippen molar-refractivity contribution in [3.05, 3.63) is 59.7 Å². The molecule has 1 amide bonds. The highest BCUT2D eigenvalue weighted by molar-refractivity contribution is 7.99. The van der Waals surface area contributed by atoms with Gasteiger partial charge in [-0.15, -0.1) is 5.10 Å². The maximum atomic E-state index is 12.8. The lowest BCUT2D eigenvalue weighted by atomic mass is 9.87. The molecule has 9 heteroatoms. The van der Waals surface area contributed by atoms with E-state index in [2.05, 4.69) is 41.3 Å². The zero-order valence-electron chi connectivity index (χ0n) is 16.7. The number of carbonyl (C=O) groups excluding carboxylic acids is 1. The lowest BCUT2D eigenvalue weighted by molar-refractivity contribution is -0.137. The Morgan fingerprint density at radius 3 is 2.40 bits per heavy atom. The molecule has 0 aliphatic carbocycles. The molecule has 3 rings (SSSR count). The molecule has 0 fully saturated rings. The van der Waals surface area contributed by atoms with Crippen molar-refractivity contribution in [1.29, 1.82) is 0 Å². The third-order valence-electron chi connectivity index (χ3n) is 4.30. The van der Waals surface area contributed by atoms with Crippen molar-refractivity contribution in [2.45, 2.75) is 37.5 Å². The number of amides is 1. The SMILES string of the molecule is CC(C)(C)c1ccc(-c2nc(SCC(=O)Nc3cccc(C(F)(F)F)c3)n[nH]2)cc1. The normalized spacial score (nSPS) is 12.1. The van der Waals surface area contributed by atoms with Gasteiger partial charge in [-0.2, -0.15) is 13.2 Å². The van der Waals surface area contributed by atoms with Gasteiger partial charge in [-0.3, -0.25) is 9.89 Å². The van der Waals surface area contributed by atoms with Gasteiger partial charge in [-0.05, 0) is 29.2 Å². The largest absolute Gasteiger partial charge is 0.416 e. The second-order valence-electron chi connectivity index (χ2n) is 7.71. The fourth-order valence-corrected chi connectivity index (χ4v) is 3.27. The number of carbonyl (C=O) groups is 1. The zero-order valence-corrected chi connectivity index (χ0v) is 17.5. The number of rotatable bonds is 5. The van der Waals surface area contributed by atoms with E-state index in [1.54, 1.807) is 0 Å². The van der Waals surface area contributed by atoms with Gasteiger partial charge in [0.15, 0.2) is 5.82 Å². The smallest absolute Gasteiger partial charge is 0.325 e. The number of aromatic nitrogens is 3. The number of halogens is 3. The first kappa shape index (κ1) is 21.9. The van der Waals surface area contributed by atoms with Crippen LogP contribution in [0.4, 0.5) is 18.9 Å². The topological polar surface area (TPSA) is 70.7 Å². The zero-order chi connectivity index (χ0) is 21.9. The summed E-state index contributed by atoms with van der Waals surface area (Å²) in [7, 11) is 0. The Morgan fingerprint density at radius 2 is 1.77 bits per heavy atom. The second kappa shape index (κ2) is 8.51. The van der Waals surface area contributed by atoms with Gasteiger partial charge >= 0.3 is 6.18 Å². The molecule has 0 radical (unpaired) electrons. The summed E-state index contributed by atoms with van der Waals surface area (Å²) in [6, 6.07) is 12.5. The highest BCUT2D eigenvalue weighted by atomic mass is 32.2. The minimum absolute atomic E-state index is 0.0312. The Balaban J connectivity index is 1.58. The van der Waals surface area contributed by atoms with Crippen molar-refractivity contribution in [3.63, 3.8) is 0 Å². The molecule has 0 spiro atoms. The Kier molecular flexibility index (Phi) is 6.21. The van der Waals surface area contributed by atoms with Gasteiger partial charge in [0.25, 0.3) is 0 Å². The van der Waals surface area contributed by atoms with Crippen LogP contribution in [0.25, 0.3) is 11.4 Å². The molecule has 158 valence electrons. The van der Waals surface area contributed by atoms with Crippen molar-refractivity contribution < 1.29 is 18.0 Å². The molecule has 2 N–H and O–H groups in total. The predicted molar refractivity (Wildman–Crippen MR) is 111 cm³/mol. The van der Waals surface area contributed by atoms with Gasteiger partial charge in [0.1, 0.15) is 0 Å². The molecule has 0 aliphatic rings. The van der Waals surface area contributed by atoms with Crippen LogP contribution in [-0.2, 0) is 16.4 Å². The van der Waals surface area contributed by atoms with E-state index in [1.165, 1.54) is 17.7 Å². The lowest BCUT2D eigenvalue weighted by Gasteiger charge is -2.18. The van der Waals surface area contributed by atoms with Crippen LogP contribution in [0.1, 0.15) is 31.9 Å². The van der Waals surface area contributed by atoms with Gasteiger partial charge in [-0.25, -0.2) is 4.98 Å². The third-order valence-corrected chi connectivity index (χ3v) is 5.14. The fourth-order valence-electron chi connectivity index (χ4n) is 2.67. The van der Waals surface area contributed by atoms with Crippen molar-refractivity contribution in [2.24, 2.45) is 0 Å². The van der Waals surface area contributed by atoms with Crippen LogP contribution in [0.5, 0.6) is 0 Å².